The SMILES string of the molecule is CC(C)(c1ccc(-n2nc(C(=O)N3CCOCC3)c3c2-c2ccccc2SC3)cc1)N1CCOCC1. The molecule has 0 N–H and O–H groups in total. The van der Waals surface area contributed by atoms with Gasteiger partial charge in [0.1, 0.15) is 0 Å². The normalized spacial score (nSPS) is 18.6. The van der Waals surface area contributed by atoms with E-state index in [4.69, 9.17) is 14.6 Å². The van der Waals surface area contributed by atoms with Crippen LogP contribution in [0.25, 0.3) is 16.9 Å². The lowest BCUT2D eigenvalue weighted by Crippen LogP contribution is -2.47. The van der Waals surface area contributed by atoms with Crippen LogP contribution in [-0.2, 0) is 20.8 Å². The quantitative estimate of drug-likeness (QED) is 0.531. The van der Waals surface area contributed by atoms with Crippen molar-refractivity contribution in [2.24, 2.45) is 0 Å². The molecule has 0 aliphatic carbocycles. The fourth-order valence-corrected chi connectivity index (χ4v) is 6.46. The van der Waals surface area contributed by atoms with E-state index in [1.165, 1.54) is 10.5 Å². The van der Waals surface area contributed by atoms with E-state index < -0.39 is 0 Å². The summed E-state index contributed by atoms with van der Waals surface area (Å²) in [7, 11) is 0. The van der Waals surface area contributed by atoms with Crippen molar-refractivity contribution in [2.45, 2.75) is 30.0 Å². The van der Waals surface area contributed by atoms with Gasteiger partial charge in [0.2, 0.25) is 0 Å². The molecular weight excluding hydrogens is 472 g/mol. The van der Waals surface area contributed by atoms with Crippen molar-refractivity contribution in [2.75, 3.05) is 52.6 Å². The molecular formula is C28H32N4O3S. The Hall–Kier alpha value is -2.65. The predicted octanol–water partition coefficient (Wildman–Crippen LogP) is 4.18. The Morgan fingerprint density at radius 2 is 1.58 bits per heavy atom. The smallest absolute Gasteiger partial charge is 0.274 e. The third-order valence-corrected chi connectivity index (χ3v) is 8.72. The van der Waals surface area contributed by atoms with Crippen molar-refractivity contribution in [3.8, 4) is 16.9 Å². The lowest BCUT2D eigenvalue weighted by Gasteiger charge is -2.41. The highest BCUT2D eigenvalue weighted by molar-refractivity contribution is 7.98. The van der Waals surface area contributed by atoms with Crippen LogP contribution in [0.5, 0.6) is 0 Å². The number of hydrogen-bond donors (Lipinski definition) is 0. The minimum absolute atomic E-state index is 0.00153. The Morgan fingerprint density at radius 1 is 0.917 bits per heavy atom. The van der Waals surface area contributed by atoms with Gasteiger partial charge >= 0.3 is 0 Å². The number of benzene rings is 2. The highest BCUT2D eigenvalue weighted by Crippen LogP contribution is 2.44. The maximum atomic E-state index is 13.6. The highest BCUT2D eigenvalue weighted by Gasteiger charge is 2.33. The van der Waals surface area contributed by atoms with E-state index in [1.807, 2.05) is 9.58 Å². The molecule has 8 heteroatoms. The van der Waals surface area contributed by atoms with Gasteiger partial charge in [-0.1, -0.05) is 30.3 Å². The van der Waals surface area contributed by atoms with Crippen LogP contribution < -0.4 is 0 Å². The van der Waals surface area contributed by atoms with Gasteiger partial charge in [-0.05, 0) is 37.6 Å². The van der Waals surface area contributed by atoms with Crippen LogP contribution in [0.2, 0.25) is 0 Å². The van der Waals surface area contributed by atoms with Crippen LogP contribution >= 0.6 is 11.8 Å². The van der Waals surface area contributed by atoms with Crippen molar-refractivity contribution >= 4 is 17.7 Å². The van der Waals surface area contributed by atoms with E-state index in [1.54, 1.807) is 11.8 Å². The van der Waals surface area contributed by atoms with E-state index in [2.05, 4.69) is 67.3 Å². The number of hydrogen-bond acceptors (Lipinski definition) is 6. The molecule has 3 aliphatic heterocycles. The van der Waals surface area contributed by atoms with Crippen molar-refractivity contribution < 1.29 is 14.3 Å². The molecule has 0 atom stereocenters. The predicted molar refractivity (Wildman–Crippen MR) is 141 cm³/mol. The molecule has 0 radical (unpaired) electrons. The van der Waals surface area contributed by atoms with Crippen molar-refractivity contribution in [3.63, 3.8) is 0 Å². The number of ether oxygens (including phenoxy) is 2. The van der Waals surface area contributed by atoms with Gasteiger partial charge in [0.05, 0.1) is 37.8 Å². The largest absolute Gasteiger partial charge is 0.379 e. The van der Waals surface area contributed by atoms with Gasteiger partial charge in [-0.25, -0.2) is 4.68 Å². The zero-order chi connectivity index (χ0) is 24.7. The maximum absolute atomic E-state index is 13.6. The number of rotatable bonds is 4. The first-order chi connectivity index (χ1) is 17.5. The molecule has 4 heterocycles. The number of nitrogens with zero attached hydrogens (tertiary/aromatic N) is 4. The fraction of sp³-hybridized carbons (Fsp3) is 0.429. The van der Waals surface area contributed by atoms with Crippen molar-refractivity contribution in [3.05, 3.63) is 65.4 Å². The van der Waals surface area contributed by atoms with E-state index >= 15 is 0 Å². The molecule has 0 unspecified atom stereocenters. The van der Waals surface area contributed by atoms with Crippen LogP contribution in [0.15, 0.2) is 53.4 Å². The first-order valence-electron chi connectivity index (χ1n) is 12.7. The molecule has 1 aromatic heterocycles. The summed E-state index contributed by atoms with van der Waals surface area (Å²) in [6.45, 7) is 10.3. The first-order valence-corrected chi connectivity index (χ1v) is 13.7. The summed E-state index contributed by atoms with van der Waals surface area (Å²) in [6.07, 6.45) is 0. The molecule has 2 aromatic carbocycles. The Bertz CT molecular complexity index is 1260. The number of carbonyl (C=O) groups excluding carboxylic acids is 1. The Morgan fingerprint density at radius 3 is 2.31 bits per heavy atom. The van der Waals surface area contributed by atoms with Gasteiger partial charge in [0, 0.05) is 53.5 Å². The summed E-state index contributed by atoms with van der Waals surface area (Å²) < 4.78 is 13.0. The standard InChI is InChI=1S/C28H32N4O3S/c1-28(2,31-13-17-35-18-14-31)20-7-9-21(10-8-20)32-26-22-5-3-4-6-24(22)36-19-23(26)25(29-32)27(33)30-11-15-34-16-12-30/h3-10H,11-19H2,1-2H3. The summed E-state index contributed by atoms with van der Waals surface area (Å²) in [5.41, 5.74) is 5.88. The van der Waals surface area contributed by atoms with Crippen molar-refractivity contribution in [1.29, 1.82) is 0 Å². The number of fused-ring (bicyclic) bond motifs is 3. The van der Waals surface area contributed by atoms with Crippen LogP contribution in [0.1, 0.15) is 35.5 Å². The number of carbonyl (C=O) groups is 1. The zero-order valence-corrected chi connectivity index (χ0v) is 21.7. The summed E-state index contributed by atoms with van der Waals surface area (Å²) in [4.78, 5) is 19.1. The molecule has 0 saturated carbocycles. The lowest BCUT2D eigenvalue weighted by atomic mass is 9.91. The fourth-order valence-electron chi connectivity index (χ4n) is 5.39. The monoisotopic (exact) mass is 504 g/mol. The second kappa shape index (κ2) is 9.67. The van der Waals surface area contributed by atoms with Crippen molar-refractivity contribution in [1.82, 2.24) is 19.6 Å². The Balaban J connectivity index is 1.40. The van der Waals surface area contributed by atoms with Gasteiger partial charge < -0.3 is 14.4 Å². The Kier molecular flexibility index (Phi) is 6.37. The van der Waals surface area contributed by atoms with E-state index in [0.717, 1.165) is 54.6 Å². The molecule has 3 aliphatic rings. The minimum atomic E-state index is -0.0907. The first kappa shape index (κ1) is 23.7. The Labute approximate surface area is 216 Å². The third-order valence-electron chi connectivity index (χ3n) is 7.62. The lowest BCUT2D eigenvalue weighted by molar-refractivity contribution is -0.0118. The molecule has 7 nitrogen and oxygen atoms in total. The van der Waals surface area contributed by atoms with Gasteiger partial charge in [-0.15, -0.1) is 11.8 Å². The van der Waals surface area contributed by atoms with E-state index in [0.29, 0.717) is 32.0 Å². The van der Waals surface area contributed by atoms with Crippen LogP contribution in [-0.4, -0.2) is 78.1 Å². The van der Waals surface area contributed by atoms with Gasteiger partial charge in [-0.2, -0.15) is 5.10 Å². The number of aromatic nitrogens is 2. The summed E-state index contributed by atoms with van der Waals surface area (Å²) in [5, 5.41) is 4.96. The average molecular weight is 505 g/mol. The van der Waals surface area contributed by atoms with Gasteiger partial charge in [-0.3, -0.25) is 9.69 Å². The number of morpholine rings is 2. The van der Waals surface area contributed by atoms with Crippen LogP contribution in [0, 0.1) is 0 Å². The molecule has 2 fully saturated rings. The molecule has 1 amide bonds. The topological polar surface area (TPSA) is 59.8 Å². The second-order valence-electron chi connectivity index (χ2n) is 9.98. The molecule has 0 bridgehead atoms. The average Bonchev–Trinajstić information content (AvgIpc) is 3.34. The summed E-state index contributed by atoms with van der Waals surface area (Å²) in [6, 6.07) is 17.1. The molecule has 3 aromatic rings. The molecule has 6 rings (SSSR count). The number of thioether (sulfide) groups is 1. The van der Waals surface area contributed by atoms with E-state index in [9.17, 15) is 4.79 Å². The zero-order valence-electron chi connectivity index (χ0n) is 20.9. The maximum Gasteiger partial charge on any atom is 0.274 e. The van der Waals surface area contributed by atoms with Crippen LogP contribution in [0.4, 0.5) is 0 Å². The highest BCUT2D eigenvalue weighted by atomic mass is 32.2. The minimum Gasteiger partial charge on any atom is -0.379 e. The van der Waals surface area contributed by atoms with Crippen LogP contribution in [0.3, 0.4) is 0 Å². The molecule has 188 valence electrons. The molecule has 36 heavy (non-hydrogen) atoms. The second-order valence-corrected chi connectivity index (χ2v) is 11.0. The van der Waals surface area contributed by atoms with Gasteiger partial charge in [0.15, 0.2) is 5.69 Å². The molecule has 2 saturated heterocycles. The van der Waals surface area contributed by atoms with Gasteiger partial charge in [0.25, 0.3) is 5.91 Å². The summed E-state index contributed by atoms with van der Waals surface area (Å²) in [5.74, 6) is 0.734. The molecule has 0 spiro atoms. The van der Waals surface area contributed by atoms with E-state index in [-0.39, 0.29) is 11.4 Å². The third kappa shape index (κ3) is 4.16. The summed E-state index contributed by atoms with van der Waals surface area (Å²) >= 11 is 1.78. The number of amides is 1.